The van der Waals surface area contributed by atoms with Crippen molar-refractivity contribution in [2.45, 2.75) is 45.6 Å². The fourth-order valence-corrected chi connectivity index (χ4v) is 2.48. The Bertz CT molecular complexity index is 396. The first-order valence-electron chi connectivity index (χ1n) is 6.67. The second-order valence-electron chi connectivity index (χ2n) is 4.72. The monoisotopic (exact) mass is 230 g/mol. The Morgan fingerprint density at radius 2 is 2.24 bits per heavy atom. The van der Waals surface area contributed by atoms with Gasteiger partial charge in [-0.1, -0.05) is 24.6 Å². The molecule has 0 aromatic carbocycles. The van der Waals surface area contributed by atoms with Crippen molar-refractivity contribution in [1.82, 2.24) is 10.3 Å². The summed E-state index contributed by atoms with van der Waals surface area (Å²) in [6.45, 7) is 5.20. The van der Waals surface area contributed by atoms with Gasteiger partial charge < -0.3 is 5.32 Å². The molecule has 1 N–H and O–H groups in total. The molecule has 2 rings (SSSR count). The van der Waals surface area contributed by atoms with Gasteiger partial charge in [0.2, 0.25) is 0 Å². The van der Waals surface area contributed by atoms with Gasteiger partial charge in [-0.15, -0.1) is 0 Å². The molecule has 17 heavy (non-hydrogen) atoms. The Kier molecular flexibility index (Phi) is 4.32. The average molecular weight is 230 g/mol. The molecule has 0 radical (unpaired) electrons. The van der Waals surface area contributed by atoms with Gasteiger partial charge in [0.05, 0.1) is 11.7 Å². The van der Waals surface area contributed by atoms with Crippen LogP contribution in [-0.2, 0) is 0 Å². The van der Waals surface area contributed by atoms with Gasteiger partial charge in [0.25, 0.3) is 0 Å². The molecule has 0 saturated heterocycles. The Hall–Kier alpha value is -1.15. The van der Waals surface area contributed by atoms with E-state index in [1.807, 2.05) is 0 Å². The fourth-order valence-electron chi connectivity index (χ4n) is 2.48. The third kappa shape index (κ3) is 3.16. The van der Waals surface area contributed by atoms with E-state index < -0.39 is 0 Å². The highest BCUT2D eigenvalue weighted by atomic mass is 14.9. The maximum atomic E-state index is 4.66. The van der Waals surface area contributed by atoms with Gasteiger partial charge in [-0.05, 0) is 51.3 Å². The Balaban J connectivity index is 2.24. The molecule has 0 amide bonds. The van der Waals surface area contributed by atoms with E-state index in [4.69, 9.17) is 0 Å². The quantitative estimate of drug-likeness (QED) is 0.800. The second kappa shape index (κ2) is 5.97. The van der Waals surface area contributed by atoms with Crippen LogP contribution in [0.5, 0.6) is 0 Å². The zero-order chi connectivity index (χ0) is 12.1. The Labute approximate surface area is 104 Å². The number of nitrogens with one attached hydrogen (secondary N) is 1. The SMILES string of the molecule is CCNC(C1=CCCCC1)c1cccc(C)n1. The van der Waals surface area contributed by atoms with Crippen molar-refractivity contribution in [3.8, 4) is 0 Å². The molecule has 1 aromatic heterocycles. The molecular weight excluding hydrogens is 208 g/mol. The van der Waals surface area contributed by atoms with E-state index in [0.29, 0.717) is 6.04 Å². The van der Waals surface area contributed by atoms with Gasteiger partial charge >= 0.3 is 0 Å². The summed E-state index contributed by atoms with van der Waals surface area (Å²) in [6.07, 6.45) is 7.50. The largest absolute Gasteiger partial charge is 0.306 e. The van der Waals surface area contributed by atoms with Crippen molar-refractivity contribution in [3.63, 3.8) is 0 Å². The number of pyridine rings is 1. The van der Waals surface area contributed by atoms with E-state index >= 15 is 0 Å². The van der Waals surface area contributed by atoms with Crippen LogP contribution < -0.4 is 5.32 Å². The van der Waals surface area contributed by atoms with E-state index in [0.717, 1.165) is 12.2 Å². The Morgan fingerprint density at radius 3 is 2.88 bits per heavy atom. The molecule has 0 aliphatic heterocycles. The minimum atomic E-state index is 0.320. The van der Waals surface area contributed by atoms with Crippen LogP contribution in [0.15, 0.2) is 29.8 Å². The predicted molar refractivity (Wildman–Crippen MR) is 71.9 cm³/mol. The lowest BCUT2D eigenvalue weighted by molar-refractivity contribution is 0.553. The smallest absolute Gasteiger partial charge is 0.0710 e. The van der Waals surface area contributed by atoms with E-state index in [2.05, 4.69) is 48.4 Å². The molecule has 0 fully saturated rings. The van der Waals surface area contributed by atoms with E-state index in [1.165, 1.54) is 37.0 Å². The molecule has 2 nitrogen and oxygen atoms in total. The lowest BCUT2D eigenvalue weighted by Crippen LogP contribution is -2.24. The van der Waals surface area contributed by atoms with Crippen molar-refractivity contribution in [2.24, 2.45) is 0 Å². The van der Waals surface area contributed by atoms with Gasteiger partial charge in [0.1, 0.15) is 0 Å². The molecule has 1 aliphatic rings. The lowest BCUT2D eigenvalue weighted by Gasteiger charge is -2.24. The van der Waals surface area contributed by atoms with Gasteiger partial charge in [-0.25, -0.2) is 0 Å². The summed E-state index contributed by atoms with van der Waals surface area (Å²) in [5, 5.41) is 3.57. The average Bonchev–Trinajstić information content (AvgIpc) is 2.37. The van der Waals surface area contributed by atoms with Crippen molar-refractivity contribution in [2.75, 3.05) is 6.54 Å². The summed E-state index contributed by atoms with van der Waals surface area (Å²) in [4.78, 5) is 4.66. The number of likely N-dealkylation sites (N-methyl/N-ethyl adjacent to an activating group) is 1. The summed E-state index contributed by atoms with van der Waals surface area (Å²) in [6, 6.07) is 6.61. The highest BCUT2D eigenvalue weighted by Gasteiger charge is 2.18. The zero-order valence-electron chi connectivity index (χ0n) is 10.9. The van der Waals surface area contributed by atoms with Gasteiger partial charge in [-0.2, -0.15) is 0 Å². The minimum absolute atomic E-state index is 0.320. The number of allylic oxidation sites excluding steroid dienone is 1. The molecule has 1 atom stereocenters. The molecule has 92 valence electrons. The normalized spacial score (nSPS) is 17.6. The van der Waals surface area contributed by atoms with Crippen LogP contribution in [0, 0.1) is 6.92 Å². The number of hydrogen-bond donors (Lipinski definition) is 1. The lowest BCUT2D eigenvalue weighted by atomic mass is 9.92. The number of rotatable bonds is 4. The van der Waals surface area contributed by atoms with Gasteiger partial charge in [0.15, 0.2) is 0 Å². The molecule has 0 bridgehead atoms. The first kappa shape index (κ1) is 12.3. The van der Waals surface area contributed by atoms with Crippen LogP contribution in [0.4, 0.5) is 0 Å². The topological polar surface area (TPSA) is 24.9 Å². The summed E-state index contributed by atoms with van der Waals surface area (Å²) < 4.78 is 0. The molecule has 1 aromatic rings. The summed E-state index contributed by atoms with van der Waals surface area (Å²) in [5.41, 5.74) is 3.79. The highest BCUT2D eigenvalue weighted by molar-refractivity contribution is 5.25. The zero-order valence-corrected chi connectivity index (χ0v) is 10.9. The summed E-state index contributed by atoms with van der Waals surface area (Å²) >= 11 is 0. The van der Waals surface area contributed by atoms with Crippen molar-refractivity contribution >= 4 is 0 Å². The standard InChI is InChI=1S/C15H22N2/c1-3-16-15(13-9-5-4-6-10-13)14-11-7-8-12(2)17-14/h7-9,11,15-16H,3-6,10H2,1-2H3. The molecule has 0 spiro atoms. The minimum Gasteiger partial charge on any atom is -0.306 e. The van der Waals surface area contributed by atoms with Crippen molar-refractivity contribution in [1.29, 1.82) is 0 Å². The van der Waals surface area contributed by atoms with Crippen molar-refractivity contribution < 1.29 is 0 Å². The van der Waals surface area contributed by atoms with E-state index in [9.17, 15) is 0 Å². The molecule has 1 unspecified atom stereocenters. The Morgan fingerprint density at radius 1 is 1.35 bits per heavy atom. The summed E-state index contributed by atoms with van der Waals surface area (Å²) in [5.74, 6) is 0. The van der Waals surface area contributed by atoms with Crippen LogP contribution in [0.2, 0.25) is 0 Å². The van der Waals surface area contributed by atoms with E-state index in [-0.39, 0.29) is 0 Å². The van der Waals surface area contributed by atoms with Gasteiger partial charge in [-0.3, -0.25) is 4.98 Å². The maximum absolute atomic E-state index is 4.66. The fraction of sp³-hybridized carbons (Fsp3) is 0.533. The van der Waals surface area contributed by atoms with Crippen LogP contribution in [0.25, 0.3) is 0 Å². The van der Waals surface area contributed by atoms with Crippen LogP contribution in [-0.4, -0.2) is 11.5 Å². The van der Waals surface area contributed by atoms with E-state index in [1.54, 1.807) is 0 Å². The van der Waals surface area contributed by atoms with Gasteiger partial charge in [0, 0.05) is 5.69 Å². The highest BCUT2D eigenvalue weighted by Crippen LogP contribution is 2.28. The molecule has 1 aliphatic carbocycles. The van der Waals surface area contributed by atoms with Crippen LogP contribution in [0.3, 0.4) is 0 Å². The number of aryl methyl sites for hydroxylation is 1. The van der Waals surface area contributed by atoms with Crippen LogP contribution in [0.1, 0.15) is 50.0 Å². The molecule has 1 heterocycles. The third-order valence-corrected chi connectivity index (χ3v) is 3.31. The molecular formula is C15H22N2. The number of hydrogen-bond acceptors (Lipinski definition) is 2. The maximum Gasteiger partial charge on any atom is 0.0710 e. The summed E-state index contributed by atoms with van der Waals surface area (Å²) in [7, 11) is 0. The predicted octanol–water partition coefficient (Wildman–Crippen LogP) is 3.54. The molecule has 2 heteroatoms. The third-order valence-electron chi connectivity index (χ3n) is 3.31. The molecule has 0 saturated carbocycles. The first-order chi connectivity index (χ1) is 8.31. The second-order valence-corrected chi connectivity index (χ2v) is 4.72. The number of nitrogens with zero attached hydrogens (tertiary/aromatic N) is 1. The number of aromatic nitrogens is 1. The first-order valence-corrected chi connectivity index (χ1v) is 6.67. The van der Waals surface area contributed by atoms with Crippen LogP contribution >= 0.6 is 0 Å². The van der Waals surface area contributed by atoms with Crippen molar-refractivity contribution in [3.05, 3.63) is 41.2 Å².